The summed E-state index contributed by atoms with van der Waals surface area (Å²) in [4.78, 5) is 5.20. The number of rotatable bonds is 8. The van der Waals surface area contributed by atoms with Crippen LogP contribution in [0, 0.1) is 0 Å². The van der Waals surface area contributed by atoms with E-state index in [2.05, 4.69) is 9.71 Å². The van der Waals surface area contributed by atoms with Crippen molar-refractivity contribution in [3.05, 3.63) is 95.1 Å². The van der Waals surface area contributed by atoms with Crippen molar-refractivity contribution in [2.24, 2.45) is 0 Å². The molecular weight excluding hydrogens is 476 g/mol. The molecule has 3 aromatic carbocycles. The maximum Gasteiger partial charge on any atom is 0.244 e. The van der Waals surface area contributed by atoms with Crippen LogP contribution in [0.1, 0.15) is 11.3 Å². The molecular formula is C25H21ClN2O3S2. The number of hydrogen-bond donors (Lipinski definition) is 2. The van der Waals surface area contributed by atoms with Crippen molar-refractivity contribution >= 4 is 56.4 Å². The number of pyridine rings is 1. The molecule has 168 valence electrons. The first-order valence-corrected chi connectivity index (χ1v) is 13.0. The van der Waals surface area contributed by atoms with Crippen LogP contribution in [-0.4, -0.2) is 30.8 Å². The molecule has 1 aromatic heterocycles. The standard InChI is InChI=1S/C25H21ClN2O3S2/c26-22-17-23(33(30,31)27-15-16-32-20-9-5-2-6-10-20)25(29)24-21(22)14-13-19(28-24)12-11-18-7-3-1-4-8-18/h1-14,17,27,29H,15-16H2. The molecule has 4 aromatic rings. The maximum absolute atomic E-state index is 12.9. The normalized spacial score (nSPS) is 11.9. The summed E-state index contributed by atoms with van der Waals surface area (Å²) in [7, 11) is -3.98. The van der Waals surface area contributed by atoms with Gasteiger partial charge in [-0.3, -0.25) is 0 Å². The van der Waals surface area contributed by atoms with E-state index in [0.717, 1.165) is 10.5 Å². The van der Waals surface area contributed by atoms with Crippen LogP contribution in [0.4, 0.5) is 0 Å². The summed E-state index contributed by atoms with van der Waals surface area (Å²) in [5, 5.41) is 11.5. The minimum Gasteiger partial charge on any atom is -0.504 e. The van der Waals surface area contributed by atoms with Gasteiger partial charge >= 0.3 is 0 Å². The minimum absolute atomic E-state index is 0.136. The Hall–Kier alpha value is -2.84. The third-order valence-electron chi connectivity index (χ3n) is 4.83. The average Bonchev–Trinajstić information content (AvgIpc) is 2.84. The van der Waals surface area contributed by atoms with Crippen LogP contribution >= 0.6 is 23.4 Å². The van der Waals surface area contributed by atoms with Crippen LogP contribution in [0.2, 0.25) is 5.02 Å². The molecule has 0 unspecified atom stereocenters. The number of benzene rings is 3. The Morgan fingerprint density at radius 1 is 0.970 bits per heavy atom. The SMILES string of the molecule is O=S(=O)(NCCSc1ccccc1)c1cc(Cl)c2ccc(C=Cc3ccccc3)nc2c1O. The minimum atomic E-state index is -3.98. The number of thioether (sulfide) groups is 1. The summed E-state index contributed by atoms with van der Waals surface area (Å²) in [6, 6.07) is 24.2. The van der Waals surface area contributed by atoms with Crippen molar-refractivity contribution in [2.45, 2.75) is 9.79 Å². The highest BCUT2D eigenvalue weighted by Gasteiger charge is 2.23. The predicted octanol–water partition coefficient (Wildman–Crippen LogP) is 5.83. The fourth-order valence-corrected chi connectivity index (χ4v) is 5.60. The number of aromatic nitrogens is 1. The molecule has 0 aliphatic carbocycles. The summed E-state index contributed by atoms with van der Waals surface area (Å²) >= 11 is 7.88. The van der Waals surface area contributed by atoms with Crippen molar-refractivity contribution in [2.75, 3.05) is 12.3 Å². The van der Waals surface area contributed by atoms with Gasteiger partial charge in [0, 0.05) is 22.6 Å². The summed E-state index contributed by atoms with van der Waals surface area (Å²) in [5.74, 6) is 0.116. The second-order valence-corrected chi connectivity index (χ2v) is 10.5. The van der Waals surface area contributed by atoms with Gasteiger partial charge in [0.1, 0.15) is 10.4 Å². The number of fused-ring (bicyclic) bond motifs is 1. The smallest absolute Gasteiger partial charge is 0.244 e. The molecule has 0 bridgehead atoms. The molecule has 4 rings (SSSR count). The zero-order valence-electron chi connectivity index (χ0n) is 17.5. The lowest BCUT2D eigenvalue weighted by Gasteiger charge is -2.12. The molecule has 2 N–H and O–H groups in total. The van der Waals surface area contributed by atoms with E-state index < -0.39 is 15.8 Å². The lowest BCUT2D eigenvalue weighted by atomic mass is 10.1. The zero-order chi connectivity index (χ0) is 23.3. The van der Waals surface area contributed by atoms with Gasteiger partial charge in [0.05, 0.1) is 10.7 Å². The fraction of sp³-hybridized carbons (Fsp3) is 0.0800. The van der Waals surface area contributed by atoms with Crippen LogP contribution < -0.4 is 4.72 Å². The number of phenols is 1. The molecule has 0 saturated heterocycles. The number of hydrogen-bond acceptors (Lipinski definition) is 5. The second kappa shape index (κ2) is 10.4. The molecule has 5 nitrogen and oxygen atoms in total. The molecule has 0 spiro atoms. The Labute approximate surface area is 202 Å². The van der Waals surface area contributed by atoms with E-state index in [1.54, 1.807) is 18.2 Å². The first-order chi connectivity index (χ1) is 15.9. The molecule has 0 atom stereocenters. The number of aromatic hydroxyl groups is 1. The number of nitrogens with zero attached hydrogens (tertiary/aromatic N) is 1. The van der Waals surface area contributed by atoms with Gasteiger partial charge in [0.2, 0.25) is 10.0 Å². The third-order valence-corrected chi connectivity index (χ3v) is 7.63. The largest absolute Gasteiger partial charge is 0.504 e. The second-order valence-electron chi connectivity index (χ2n) is 7.14. The Bertz CT molecular complexity index is 1390. The Balaban J connectivity index is 1.56. The molecule has 33 heavy (non-hydrogen) atoms. The average molecular weight is 497 g/mol. The monoisotopic (exact) mass is 496 g/mol. The number of sulfonamides is 1. The maximum atomic E-state index is 12.9. The van der Waals surface area contributed by atoms with Gasteiger partial charge in [0.15, 0.2) is 5.75 Å². The van der Waals surface area contributed by atoms with E-state index in [-0.39, 0.29) is 22.0 Å². The number of nitrogens with one attached hydrogen (secondary N) is 1. The molecule has 0 aliphatic rings. The molecule has 1 heterocycles. The van der Waals surface area contributed by atoms with Crippen LogP contribution in [0.5, 0.6) is 5.75 Å². The van der Waals surface area contributed by atoms with Gasteiger partial charge in [-0.25, -0.2) is 18.1 Å². The van der Waals surface area contributed by atoms with Crippen molar-refractivity contribution < 1.29 is 13.5 Å². The highest BCUT2D eigenvalue weighted by molar-refractivity contribution is 7.99. The van der Waals surface area contributed by atoms with Gasteiger partial charge in [-0.15, -0.1) is 11.8 Å². The number of halogens is 1. The van der Waals surface area contributed by atoms with Gasteiger partial charge in [-0.2, -0.15) is 0 Å². The highest BCUT2D eigenvalue weighted by atomic mass is 35.5. The van der Waals surface area contributed by atoms with Gasteiger partial charge in [-0.05, 0) is 42.0 Å². The first kappa shape index (κ1) is 23.3. The molecule has 0 fully saturated rings. The summed E-state index contributed by atoms with van der Waals surface area (Å²) < 4.78 is 28.3. The first-order valence-electron chi connectivity index (χ1n) is 10.2. The summed E-state index contributed by atoms with van der Waals surface area (Å²) in [5.41, 5.74) is 1.70. The number of phenolic OH excluding ortho intramolecular Hbond substituents is 1. The van der Waals surface area contributed by atoms with E-state index in [1.807, 2.05) is 66.7 Å². The van der Waals surface area contributed by atoms with Gasteiger partial charge in [0.25, 0.3) is 0 Å². The topological polar surface area (TPSA) is 79.3 Å². The van der Waals surface area contributed by atoms with Gasteiger partial charge in [-0.1, -0.05) is 66.2 Å². The van der Waals surface area contributed by atoms with Crippen LogP contribution in [-0.2, 0) is 10.0 Å². The zero-order valence-corrected chi connectivity index (χ0v) is 19.9. The molecule has 0 amide bonds. The van der Waals surface area contributed by atoms with E-state index >= 15 is 0 Å². The van der Waals surface area contributed by atoms with Crippen LogP contribution in [0.3, 0.4) is 0 Å². The van der Waals surface area contributed by atoms with Crippen molar-refractivity contribution in [1.29, 1.82) is 0 Å². The molecule has 0 radical (unpaired) electrons. The lowest BCUT2D eigenvalue weighted by Crippen LogP contribution is -2.26. The summed E-state index contributed by atoms with van der Waals surface area (Å²) in [6.07, 6.45) is 3.68. The van der Waals surface area contributed by atoms with E-state index in [4.69, 9.17) is 11.6 Å². The Morgan fingerprint density at radius 3 is 2.39 bits per heavy atom. The molecule has 8 heteroatoms. The summed E-state index contributed by atoms with van der Waals surface area (Å²) in [6.45, 7) is 0.199. The van der Waals surface area contributed by atoms with E-state index in [9.17, 15) is 13.5 Å². The van der Waals surface area contributed by atoms with Crippen LogP contribution in [0.25, 0.3) is 23.1 Å². The quantitative estimate of drug-likeness (QED) is 0.237. The Morgan fingerprint density at radius 2 is 1.67 bits per heavy atom. The van der Waals surface area contributed by atoms with Crippen molar-refractivity contribution in [3.8, 4) is 5.75 Å². The Kier molecular flexibility index (Phi) is 7.35. The lowest BCUT2D eigenvalue weighted by molar-refractivity contribution is 0.463. The van der Waals surface area contributed by atoms with Gasteiger partial charge < -0.3 is 5.11 Å². The fourth-order valence-electron chi connectivity index (χ4n) is 3.21. The van der Waals surface area contributed by atoms with E-state index in [0.29, 0.717) is 16.8 Å². The van der Waals surface area contributed by atoms with E-state index in [1.165, 1.54) is 17.8 Å². The van der Waals surface area contributed by atoms with Crippen molar-refractivity contribution in [1.82, 2.24) is 9.71 Å². The predicted molar refractivity (Wildman–Crippen MR) is 136 cm³/mol. The molecule has 0 aliphatic heterocycles. The molecule has 0 saturated carbocycles. The van der Waals surface area contributed by atoms with Crippen LogP contribution in [0.15, 0.2) is 88.7 Å². The third kappa shape index (κ3) is 5.75. The van der Waals surface area contributed by atoms with Crippen molar-refractivity contribution in [3.63, 3.8) is 0 Å². The highest BCUT2D eigenvalue weighted by Crippen LogP contribution is 2.36.